The van der Waals surface area contributed by atoms with Gasteiger partial charge in [-0.1, -0.05) is 11.6 Å². The van der Waals surface area contributed by atoms with E-state index in [2.05, 4.69) is 20.2 Å². The highest BCUT2D eigenvalue weighted by Gasteiger charge is 2.32. The fraction of sp³-hybridized carbons (Fsp3) is 0.250. The van der Waals surface area contributed by atoms with Crippen molar-refractivity contribution in [1.82, 2.24) is 29.5 Å². The Kier molecular flexibility index (Phi) is 6.13. The first kappa shape index (κ1) is 23.4. The molecule has 4 rings (SSSR count). The number of hydrogen-bond donors (Lipinski definition) is 0. The van der Waals surface area contributed by atoms with Crippen molar-refractivity contribution in [2.75, 3.05) is 13.7 Å². The number of alkyl halides is 3. The van der Waals surface area contributed by atoms with E-state index in [1.807, 2.05) is 0 Å². The lowest BCUT2D eigenvalue weighted by Gasteiger charge is -2.12. The molecule has 4 aromatic rings. The van der Waals surface area contributed by atoms with Gasteiger partial charge in [-0.2, -0.15) is 28.4 Å². The summed E-state index contributed by atoms with van der Waals surface area (Å²) >= 11 is 5.68. The van der Waals surface area contributed by atoms with E-state index in [9.17, 15) is 22.4 Å². The van der Waals surface area contributed by atoms with Gasteiger partial charge in [-0.15, -0.1) is 0 Å². The third-order valence-corrected chi connectivity index (χ3v) is 4.96. The van der Waals surface area contributed by atoms with Crippen molar-refractivity contribution in [3.05, 3.63) is 58.3 Å². The number of carbonyl (C=O) groups excluding carboxylic acids is 1. The summed E-state index contributed by atoms with van der Waals surface area (Å²) in [5.74, 6) is -1.54. The molecule has 0 N–H and O–H groups in total. The van der Waals surface area contributed by atoms with Gasteiger partial charge in [-0.25, -0.2) is 18.9 Å². The Morgan fingerprint density at radius 1 is 1.18 bits per heavy atom. The van der Waals surface area contributed by atoms with E-state index in [4.69, 9.17) is 21.1 Å². The third-order valence-electron chi connectivity index (χ3n) is 4.69. The van der Waals surface area contributed by atoms with Gasteiger partial charge in [-0.05, 0) is 19.1 Å². The molecule has 0 saturated heterocycles. The minimum Gasteiger partial charge on any atom is -0.479 e. The molecule has 0 saturated carbocycles. The van der Waals surface area contributed by atoms with Crippen LogP contribution in [0.4, 0.5) is 17.6 Å². The summed E-state index contributed by atoms with van der Waals surface area (Å²) < 4.78 is 66.6. The van der Waals surface area contributed by atoms with Crippen LogP contribution in [-0.2, 0) is 17.5 Å². The van der Waals surface area contributed by atoms with Gasteiger partial charge in [0.1, 0.15) is 16.9 Å². The highest BCUT2D eigenvalue weighted by Crippen LogP contribution is 2.34. The molecule has 34 heavy (non-hydrogen) atoms. The van der Waals surface area contributed by atoms with E-state index in [1.165, 1.54) is 35.1 Å². The summed E-state index contributed by atoms with van der Waals surface area (Å²) in [5.41, 5.74) is -0.795. The summed E-state index contributed by atoms with van der Waals surface area (Å²) in [4.78, 5) is 20.4. The van der Waals surface area contributed by atoms with Gasteiger partial charge in [-0.3, -0.25) is 4.68 Å². The number of esters is 1. The van der Waals surface area contributed by atoms with Crippen LogP contribution in [0.2, 0.25) is 5.02 Å². The zero-order valence-corrected chi connectivity index (χ0v) is 18.4. The smallest absolute Gasteiger partial charge is 0.416 e. The summed E-state index contributed by atoms with van der Waals surface area (Å²) in [6.45, 7) is 1.46. The van der Waals surface area contributed by atoms with Gasteiger partial charge in [0.15, 0.2) is 0 Å². The number of carbonyl (C=O) groups is 1. The van der Waals surface area contributed by atoms with Crippen molar-refractivity contribution < 1.29 is 31.8 Å². The summed E-state index contributed by atoms with van der Waals surface area (Å²) in [6, 6.07) is 1.18. The Labute approximate surface area is 193 Å². The maximum absolute atomic E-state index is 14.5. The van der Waals surface area contributed by atoms with E-state index < -0.39 is 35.1 Å². The Morgan fingerprint density at radius 3 is 2.62 bits per heavy atom. The van der Waals surface area contributed by atoms with Crippen molar-refractivity contribution in [2.24, 2.45) is 0 Å². The molecule has 1 aromatic carbocycles. The maximum atomic E-state index is 14.5. The molecule has 3 heterocycles. The molecule has 0 aliphatic carbocycles. The molecule has 9 nitrogen and oxygen atoms in total. The van der Waals surface area contributed by atoms with E-state index in [0.717, 1.165) is 0 Å². The van der Waals surface area contributed by atoms with Crippen LogP contribution in [0.1, 0.15) is 28.4 Å². The molecule has 14 heteroatoms. The lowest BCUT2D eigenvalue weighted by atomic mass is 10.1. The second kappa shape index (κ2) is 8.89. The Bertz CT molecular complexity index is 1380. The molecule has 0 bridgehead atoms. The highest BCUT2D eigenvalue weighted by atomic mass is 35.5. The zero-order valence-electron chi connectivity index (χ0n) is 17.6. The predicted octanol–water partition coefficient (Wildman–Crippen LogP) is 4.06. The molecule has 0 spiro atoms. The number of methoxy groups -OCH3 is 1. The van der Waals surface area contributed by atoms with Crippen LogP contribution in [0.25, 0.3) is 17.0 Å². The van der Waals surface area contributed by atoms with Gasteiger partial charge in [0.05, 0.1) is 48.8 Å². The van der Waals surface area contributed by atoms with E-state index in [0.29, 0.717) is 12.1 Å². The van der Waals surface area contributed by atoms with E-state index in [1.54, 1.807) is 6.92 Å². The Morgan fingerprint density at radius 2 is 1.94 bits per heavy atom. The van der Waals surface area contributed by atoms with Crippen molar-refractivity contribution in [3.8, 4) is 11.8 Å². The van der Waals surface area contributed by atoms with Gasteiger partial charge in [0, 0.05) is 11.8 Å². The van der Waals surface area contributed by atoms with Crippen LogP contribution in [-0.4, -0.2) is 49.2 Å². The first-order chi connectivity index (χ1) is 16.1. The van der Waals surface area contributed by atoms with Crippen molar-refractivity contribution in [1.29, 1.82) is 0 Å². The molecule has 3 aromatic heterocycles. The molecular weight excluding hydrogens is 484 g/mol. The number of ether oxygens (including phenoxy) is 2. The lowest BCUT2D eigenvalue weighted by molar-refractivity contribution is -0.137. The molecular formula is C20H15ClF4N6O3. The molecule has 0 radical (unpaired) electrons. The number of nitrogens with zero attached hydrogens (tertiary/aromatic N) is 6. The molecule has 178 valence electrons. The molecule has 0 atom stereocenters. The second-order valence-electron chi connectivity index (χ2n) is 6.89. The number of halogens is 5. The quantitative estimate of drug-likeness (QED) is 0.292. The SMILES string of the molecule is CCOC(=O)c1cnn(-c2nc(OC)c3c(cnn3Cc3cc(C(F)(F)F)cc(Cl)c3F)n2)c1. The maximum Gasteiger partial charge on any atom is 0.416 e. The minimum absolute atomic E-state index is 0.00386. The van der Waals surface area contributed by atoms with Gasteiger partial charge >= 0.3 is 12.1 Å². The molecule has 0 fully saturated rings. The van der Waals surface area contributed by atoms with Gasteiger partial charge in [0.2, 0.25) is 5.88 Å². The van der Waals surface area contributed by atoms with Crippen LogP contribution in [0, 0.1) is 5.82 Å². The number of aromatic nitrogens is 6. The fourth-order valence-corrected chi connectivity index (χ4v) is 3.40. The first-order valence-corrected chi connectivity index (χ1v) is 10.0. The number of hydrogen-bond acceptors (Lipinski definition) is 7. The zero-order chi connectivity index (χ0) is 24.6. The standard InChI is InChI=1S/C20H15ClF4N6O3/c1-3-34-18(32)11-6-26-31(9-11)19-28-14-7-27-30(16(14)17(29-19)33-2)8-10-4-12(20(23,24)25)5-13(21)15(10)22/h4-7,9H,3,8H2,1-2H3. The number of fused-ring (bicyclic) bond motifs is 1. The van der Waals surface area contributed by atoms with Crippen molar-refractivity contribution in [2.45, 2.75) is 19.6 Å². The van der Waals surface area contributed by atoms with Gasteiger partial charge < -0.3 is 9.47 Å². The average Bonchev–Trinajstić information content (AvgIpc) is 3.43. The van der Waals surface area contributed by atoms with Crippen LogP contribution in [0.3, 0.4) is 0 Å². The summed E-state index contributed by atoms with van der Waals surface area (Å²) in [7, 11) is 1.32. The topological polar surface area (TPSA) is 97.0 Å². The van der Waals surface area contributed by atoms with E-state index in [-0.39, 0.29) is 40.6 Å². The minimum atomic E-state index is -4.71. The van der Waals surface area contributed by atoms with Crippen molar-refractivity contribution >= 4 is 28.6 Å². The van der Waals surface area contributed by atoms with Crippen LogP contribution in [0.5, 0.6) is 5.88 Å². The molecule has 0 amide bonds. The molecule has 0 unspecified atom stereocenters. The highest BCUT2D eigenvalue weighted by molar-refractivity contribution is 6.30. The molecule has 0 aliphatic rings. The monoisotopic (exact) mass is 498 g/mol. The normalized spacial score (nSPS) is 11.7. The summed E-state index contributed by atoms with van der Waals surface area (Å²) in [5, 5.41) is 7.47. The Hall–Kier alpha value is -3.74. The number of benzene rings is 1. The van der Waals surface area contributed by atoms with Crippen LogP contribution >= 0.6 is 11.6 Å². The lowest BCUT2D eigenvalue weighted by Crippen LogP contribution is -2.11. The van der Waals surface area contributed by atoms with Gasteiger partial charge in [0.25, 0.3) is 5.95 Å². The second-order valence-corrected chi connectivity index (χ2v) is 7.30. The van der Waals surface area contributed by atoms with E-state index >= 15 is 0 Å². The number of rotatable bonds is 6. The Balaban J connectivity index is 1.74. The van der Waals surface area contributed by atoms with Crippen LogP contribution < -0.4 is 4.74 Å². The largest absolute Gasteiger partial charge is 0.479 e. The summed E-state index contributed by atoms with van der Waals surface area (Å²) in [6.07, 6.45) is -0.753. The first-order valence-electron chi connectivity index (χ1n) is 9.67. The van der Waals surface area contributed by atoms with Crippen molar-refractivity contribution in [3.63, 3.8) is 0 Å². The third kappa shape index (κ3) is 4.38. The predicted molar refractivity (Wildman–Crippen MR) is 110 cm³/mol. The van der Waals surface area contributed by atoms with Crippen LogP contribution in [0.15, 0.2) is 30.7 Å². The fourth-order valence-electron chi connectivity index (χ4n) is 3.16. The average molecular weight is 499 g/mol. The molecule has 0 aliphatic heterocycles.